The molecular formula is C16H24ClN3O. The van der Waals surface area contributed by atoms with Crippen molar-refractivity contribution in [2.45, 2.75) is 25.8 Å². The summed E-state index contributed by atoms with van der Waals surface area (Å²) in [5.41, 5.74) is 1.45. The highest BCUT2D eigenvalue weighted by atomic mass is 35.5. The van der Waals surface area contributed by atoms with Crippen molar-refractivity contribution in [3.05, 3.63) is 28.8 Å². The van der Waals surface area contributed by atoms with E-state index in [-0.39, 0.29) is 5.91 Å². The molecule has 1 unspecified atom stereocenters. The van der Waals surface area contributed by atoms with E-state index in [4.69, 9.17) is 11.6 Å². The fourth-order valence-electron chi connectivity index (χ4n) is 3.03. The molecule has 1 aromatic rings. The van der Waals surface area contributed by atoms with E-state index in [0.29, 0.717) is 16.6 Å². The smallest absolute Gasteiger partial charge is 0.255 e. The van der Waals surface area contributed by atoms with Gasteiger partial charge in [0.15, 0.2) is 0 Å². The van der Waals surface area contributed by atoms with E-state index in [9.17, 15) is 4.79 Å². The second-order valence-electron chi connectivity index (χ2n) is 5.55. The van der Waals surface area contributed by atoms with Crippen molar-refractivity contribution in [1.82, 2.24) is 9.80 Å². The number of nitrogens with one attached hydrogen (secondary N) is 1. The van der Waals surface area contributed by atoms with Crippen LogP contribution in [0.2, 0.25) is 5.02 Å². The largest absolute Gasteiger partial charge is 0.387 e. The molecule has 0 aromatic heterocycles. The van der Waals surface area contributed by atoms with E-state index in [0.717, 1.165) is 25.3 Å². The lowest BCUT2D eigenvalue weighted by atomic mass is 10.1. The molecule has 1 heterocycles. The summed E-state index contributed by atoms with van der Waals surface area (Å²) in [6.07, 6.45) is 2.39. The van der Waals surface area contributed by atoms with Crippen LogP contribution >= 0.6 is 11.6 Å². The zero-order chi connectivity index (χ0) is 15.4. The third-order valence-electron chi connectivity index (χ3n) is 4.22. The van der Waals surface area contributed by atoms with Gasteiger partial charge in [0.05, 0.1) is 5.56 Å². The van der Waals surface area contributed by atoms with Crippen molar-refractivity contribution >= 4 is 23.2 Å². The lowest BCUT2D eigenvalue weighted by Crippen LogP contribution is -2.41. The van der Waals surface area contributed by atoms with Crippen LogP contribution in [-0.4, -0.2) is 55.5 Å². The predicted octanol–water partition coefficient (Wildman–Crippen LogP) is 2.94. The number of rotatable bonds is 5. The Morgan fingerprint density at radius 3 is 2.95 bits per heavy atom. The van der Waals surface area contributed by atoms with Gasteiger partial charge in [0.1, 0.15) is 0 Å². The molecule has 1 N–H and O–H groups in total. The first-order valence-electron chi connectivity index (χ1n) is 7.53. The third-order valence-corrected chi connectivity index (χ3v) is 4.45. The maximum atomic E-state index is 12.7. The molecule has 5 heteroatoms. The number of likely N-dealkylation sites (tertiary alicyclic amines) is 1. The highest BCUT2D eigenvalue weighted by Gasteiger charge is 2.26. The minimum Gasteiger partial charge on any atom is -0.387 e. The standard InChI is InChI=1S/C16H24ClN3O/c1-4-20-9-5-6-13(20)11-19(3)16(21)14-10-12(17)7-8-15(14)18-2/h7-8,10,13,18H,4-6,9,11H2,1-3H3. The molecule has 1 aliphatic heterocycles. The molecule has 2 rings (SSSR count). The summed E-state index contributed by atoms with van der Waals surface area (Å²) in [5, 5.41) is 3.64. The number of carbonyl (C=O) groups excluding carboxylic acids is 1. The molecule has 0 bridgehead atoms. The molecule has 21 heavy (non-hydrogen) atoms. The molecular weight excluding hydrogens is 286 g/mol. The van der Waals surface area contributed by atoms with Crippen LogP contribution in [0.3, 0.4) is 0 Å². The zero-order valence-electron chi connectivity index (χ0n) is 13.0. The SMILES string of the molecule is CCN1CCCC1CN(C)C(=O)c1cc(Cl)ccc1NC. The average molecular weight is 310 g/mol. The van der Waals surface area contributed by atoms with E-state index in [1.165, 1.54) is 12.8 Å². The van der Waals surface area contributed by atoms with Crippen LogP contribution < -0.4 is 5.32 Å². The van der Waals surface area contributed by atoms with Gasteiger partial charge >= 0.3 is 0 Å². The first kappa shape index (κ1) is 16.1. The molecule has 0 radical (unpaired) electrons. The van der Waals surface area contributed by atoms with E-state index in [1.54, 1.807) is 12.1 Å². The Hall–Kier alpha value is -1.26. The van der Waals surface area contributed by atoms with Crippen molar-refractivity contribution in [1.29, 1.82) is 0 Å². The van der Waals surface area contributed by atoms with Crippen molar-refractivity contribution < 1.29 is 4.79 Å². The normalized spacial score (nSPS) is 18.8. The molecule has 0 aliphatic carbocycles. The number of halogens is 1. The Kier molecular flexibility index (Phi) is 5.48. The summed E-state index contributed by atoms with van der Waals surface area (Å²) >= 11 is 6.03. The highest BCUT2D eigenvalue weighted by molar-refractivity contribution is 6.31. The molecule has 1 fully saturated rings. The molecule has 1 aromatic carbocycles. The molecule has 1 saturated heterocycles. The summed E-state index contributed by atoms with van der Waals surface area (Å²) in [5.74, 6) is 0.0183. The molecule has 4 nitrogen and oxygen atoms in total. The molecule has 1 atom stereocenters. The Bertz CT molecular complexity index is 506. The summed E-state index contributed by atoms with van der Waals surface area (Å²) in [6, 6.07) is 5.84. The van der Waals surface area contributed by atoms with Gasteiger partial charge in [-0.3, -0.25) is 9.69 Å². The average Bonchev–Trinajstić information content (AvgIpc) is 2.93. The number of nitrogens with zero attached hydrogens (tertiary/aromatic N) is 2. The van der Waals surface area contributed by atoms with Crippen LogP contribution in [0, 0.1) is 0 Å². The van der Waals surface area contributed by atoms with Crippen LogP contribution in [0.25, 0.3) is 0 Å². The van der Waals surface area contributed by atoms with Gasteiger partial charge in [-0.1, -0.05) is 18.5 Å². The Morgan fingerprint density at radius 1 is 1.52 bits per heavy atom. The van der Waals surface area contributed by atoms with Crippen molar-refractivity contribution in [3.8, 4) is 0 Å². The minimum atomic E-state index is 0.0183. The van der Waals surface area contributed by atoms with Gasteiger partial charge in [0.2, 0.25) is 0 Å². The van der Waals surface area contributed by atoms with Crippen LogP contribution in [0.15, 0.2) is 18.2 Å². The fourth-order valence-corrected chi connectivity index (χ4v) is 3.21. The molecule has 0 spiro atoms. The third kappa shape index (κ3) is 3.69. The summed E-state index contributed by atoms with van der Waals surface area (Å²) < 4.78 is 0. The lowest BCUT2D eigenvalue weighted by molar-refractivity contribution is 0.0755. The van der Waals surface area contributed by atoms with E-state index in [2.05, 4.69) is 17.1 Å². The van der Waals surface area contributed by atoms with Crippen LogP contribution in [0.5, 0.6) is 0 Å². The number of carbonyl (C=O) groups is 1. The number of amides is 1. The Labute approximate surface area is 132 Å². The second-order valence-corrected chi connectivity index (χ2v) is 5.99. The predicted molar refractivity (Wildman–Crippen MR) is 88.2 cm³/mol. The zero-order valence-corrected chi connectivity index (χ0v) is 13.8. The van der Waals surface area contributed by atoms with Gasteiger partial charge in [-0.2, -0.15) is 0 Å². The maximum absolute atomic E-state index is 12.7. The van der Waals surface area contributed by atoms with Gasteiger partial charge in [-0.05, 0) is 44.1 Å². The van der Waals surface area contributed by atoms with Crippen LogP contribution in [-0.2, 0) is 0 Å². The molecule has 1 aliphatic rings. The number of benzene rings is 1. The first-order valence-corrected chi connectivity index (χ1v) is 7.91. The molecule has 1 amide bonds. The van der Waals surface area contributed by atoms with E-state index >= 15 is 0 Å². The van der Waals surface area contributed by atoms with Crippen molar-refractivity contribution in [2.75, 3.05) is 39.0 Å². The Balaban J connectivity index is 2.10. The van der Waals surface area contributed by atoms with E-state index in [1.807, 2.05) is 25.1 Å². The number of anilines is 1. The van der Waals surface area contributed by atoms with Crippen molar-refractivity contribution in [3.63, 3.8) is 0 Å². The second kappa shape index (κ2) is 7.14. The quantitative estimate of drug-likeness (QED) is 0.908. The number of hydrogen-bond donors (Lipinski definition) is 1. The summed E-state index contributed by atoms with van der Waals surface area (Å²) in [6.45, 7) is 5.13. The van der Waals surface area contributed by atoms with Gasteiger partial charge in [0.25, 0.3) is 5.91 Å². The van der Waals surface area contributed by atoms with Gasteiger partial charge in [-0.25, -0.2) is 0 Å². The highest BCUT2D eigenvalue weighted by Crippen LogP contribution is 2.23. The van der Waals surface area contributed by atoms with Gasteiger partial charge in [-0.15, -0.1) is 0 Å². The van der Waals surface area contributed by atoms with Gasteiger partial charge in [0, 0.05) is 37.4 Å². The summed E-state index contributed by atoms with van der Waals surface area (Å²) in [4.78, 5) is 16.9. The number of hydrogen-bond acceptors (Lipinski definition) is 3. The topological polar surface area (TPSA) is 35.6 Å². The van der Waals surface area contributed by atoms with Crippen molar-refractivity contribution in [2.24, 2.45) is 0 Å². The van der Waals surface area contributed by atoms with Gasteiger partial charge < -0.3 is 10.2 Å². The first-order chi connectivity index (χ1) is 10.1. The molecule has 116 valence electrons. The van der Waals surface area contributed by atoms with Crippen LogP contribution in [0.4, 0.5) is 5.69 Å². The Morgan fingerprint density at radius 2 is 2.29 bits per heavy atom. The maximum Gasteiger partial charge on any atom is 0.255 e. The minimum absolute atomic E-state index is 0.0183. The fraction of sp³-hybridized carbons (Fsp3) is 0.562. The lowest BCUT2D eigenvalue weighted by Gasteiger charge is -2.28. The monoisotopic (exact) mass is 309 g/mol. The van der Waals surface area contributed by atoms with E-state index < -0.39 is 0 Å². The number of likely N-dealkylation sites (N-methyl/N-ethyl adjacent to an activating group) is 2. The molecule has 0 saturated carbocycles. The summed E-state index contributed by atoms with van der Waals surface area (Å²) in [7, 11) is 3.69. The van der Waals surface area contributed by atoms with Crippen LogP contribution in [0.1, 0.15) is 30.1 Å².